The fraction of sp³-hybridized carbons (Fsp3) is 0.500. The van der Waals surface area contributed by atoms with Gasteiger partial charge in [-0.05, 0) is 44.6 Å². The third kappa shape index (κ3) is 4.95. The molecule has 65 valence electrons. The molecule has 1 radical (unpaired) electrons. The summed E-state index contributed by atoms with van der Waals surface area (Å²) < 4.78 is 0. The molecule has 1 aliphatic rings. The summed E-state index contributed by atoms with van der Waals surface area (Å²) in [6, 6.07) is 0. The van der Waals surface area contributed by atoms with Crippen molar-refractivity contribution in [3.63, 3.8) is 0 Å². The topological polar surface area (TPSA) is 0 Å². The minimum Gasteiger partial charge on any atom is -0.0845 e. The maximum absolute atomic E-state index is 3.32. The van der Waals surface area contributed by atoms with Crippen LogP contribution in [-0.2, 0) is 0 Å². The second-order valence-corrected chi connectivity index (χ2v) is 3.09. The summed E-state index contributed by atoms with van der Waals surface area (Å²) in [5.41, 5.74) is 0. The van der Waals surface area contributed by atoms with Crippen LogP contribution in [0.5, 0.6) is 0 Å². The van der Waals surface area contributed by atoms with Gasteiger partial charge in [0.05, 0.1) is 0 Å². The van der Waals surface area contributed by atoms with Gasteiger partial charge in [0.2, 0.25) is 0 Å². The predicted octanol–water partition coefficient (Wildman–Crippen LogP) is 3.81. The van der Waals surface area contributed by atoms with Gasteiger partial charge in [0.25, 0.3) is 0 Å². The van der Waals surface area contributed by atoms with Crippen molar-refractivity contribution >= 4 is 0 Å². The Kier molecular flexibility index (Phi) is 5.35. The number of allylic oxidation sites excluding steroid dienone is 6. The van der Waals surface area contributed by atoms with E-state index in [1.54, 1.807) is 0 Å². The lowest BCUT2D eigenvalue weighted by molar-refractivity contribution is 0.826. The van der Waals surface area contributed by atoms with Crippen molar-refractivity contribution in [2.45, 2.75) is 38.5 Å². The SMILES string of the molecule is [C]1=C/CCC/C=C/C=C\CCC/1. The van der Waals surface area contributed by atoms with E-state index in [-0.39, 0.29) is 0 Å². The molecule has 1 rings (SSSR count). The fourth-order valence-corrected chi connectivity index (χ4v) is 1.21. The first kappa shape index (κ1) is 9.31. The lowest BCUT2D eigenvalue weighted by Gasteiger charge is -1.93. The van der Waals surface area contributed by atoms with Gasteiger partial charge in [-0.2, -0.15) is 0 Å². The molecule has 0 nitrogen and oxygen atoms in total. The van der Waals surface area contributed by atoms with E-state index in [0.717, 1.165) is 6.42 Å². The van der Waals surface area contributed by atoms with Crippen molar-refractivity contribution in [2.24, 2.45) is 0 Å². The molecule has 0 aromatic carbocycles. The highest BCUT2D eigenvalue weighted by atomic mass is 13.9. The first-order valence-corrected chi connectivity index (χ1v) is 4.87. The van der Waals surface area contributed by atoms with Gasteiger partial charge < -0.3 is 0 Å². The molecule has 0 heteroatoms. The standard InChI is InChI=1S/C12H17/c1-2-4-6-8-10-12-11-9-7-5-3-1/h1-4,11H,5-10H2/b3-1+,4-2-,12-11?. The maximum atomic E-state index is 3.32. The lowest BCUT2D eigenvalue weighted by Crippen LogP contribution is -1.73. The highest BCUT2D eigenvalue weighted by Gasteiger charge is 1.84. The van der Waals surface area contributed by atoms with Gasteiger partial charge >= 0.3 is 0 Å². The Balaban J connectivity index is 2.30. The Morgan fingerprint density at radius 1 is 0.833 bits per heavy atom. The third-order valence-electron chi connectivity index (χ3n) is 1.94. The van der Waals surface area contributed by atoms with Gasteiger partial charge in [0.15, 0.2) is 0 Å². The zero-order valence-electron chi connectivity index (χ0n) is 7.63. The Bertz CT molecular complexity index is 152. The van der Waals surface area contributed by atoms with E-state index in [9.17, 15) is 0 Å². The van der Waals surface area contributed by atoms with Crippen molar-refractivity contribution in [3.05, 3.63) is 36.5 Å². The summed E-state index contributed by atoms with van der Waals surface area (Å²) in [4.78, 5) is 0. The second kappa shape index (κ2) is 6.90. The molecule has 0 aromatic heterocycles. The zero-order chi connectivity index (χ0) is 8.49. The Morgan fingerprint density at radius 2 is 1.58 bits per heavy atom. The molecule has 0 heterocycles. The molecular formula is C12H17. The monoisotopic (exact) mass is 161 g/mol. The summed E-state index contributed by atoms with van der Waals surface area (Å²) in [5.74, 6) is 0. The molecule has 0 spiro atoms. The first-order valence-electron chi connectivity index (χ1n) is 4.87. The molecule has 0 atom stereocenters. The van der Waals surface area contributed by atoms with Crippen molar-refractivity contribution in [1.82, 2.24) is 0 Å². The molecular weight excluding hydrogens is 144 g/mol. The smallest absolute Gasteiger partial charge is 0.0276 e. The van der Waals surface area contributed by atoms with E-state index in [1.807, 2.05) is 0 Å². The fourth-order valence-electron chi connectivity index (χ4n) is 1.21. The number of rotatable bonds is 0. The molecule has 0 unspecified atom stereocenters. The minimum absolute atomic E-state index is 1.12. The van der Waals surface area contributed by atoms with Gasteiger partial charge in [-0.3, -0.25) is 0 Å². The number of hydrogen-bond acceptors (Lipinski definition) is 0. The summed E-state index contributed by atoms with van der Waals surface area (Å²) in [6.45, 7) is 0. The summed E-state index contributed by atoms with van der Waals surface area (Å²) in [5, 5.41) is 0. The third-order valence-corrected chi connectivity index (χ3v) is 1.94. The molecule has 0 fully saturated rings. The van der Waals surface area contributed by atoms with Crippen LogP contribution in [0.1, 0.15) is 38.5 Å². The number of hydrogen-bond donors (Lipinski definition) is 0. The molecule has 0 aromatic rings. The van der Waals surface area contributed by atoms with Crippen molar-refractivity contribution in [2.75, 3.05) is 0 Å². The highest BCUT2D eigenvalue weighted by Crippen LogP contribution is 2.03. The van der Waals surface area contributed by atoms with Crippen LogP contribution in [0.4, 0.5) is 0 Å². The Morgan fingerprint density at radius 3 is 2.42 bits per heavy atom. The van der Waals surface area contributed by atoms with Gasteiger partial charge in [-0.15, -0.1) is 0 Å². The Hall–Kier alpha value is -0.780. The lowest BCUT2D eigenvalue weighted by atomic mass is 10.1. The van der Waals surface area contributed by atoms with E-state index in [2.05, 4.69) is 36.5 Å². The molecule has 0 aliphatic heterocycles. The molecule has 0 bridgehead atoms. The van der Waals surface area contributed by atoms with Gasteiger partial charge in [0, 0.05) is 0 Å². The van der Waals surface area contributed by atoms with Gasteiger partial charge in [-0.1, -0.05) is 30.4 Å². The predicted molar refractivity (Wildman–Crippen MR) is 53.8 cm³/mol. The van der Waals surface area contributed by atoms with Crippen LogP contribution in [0.3, 0.4) is 0 Å². The van der Waals surface area contributed by atoms with E-state index in [0.29, 0.717) is 0 Å². The molecule has 0 saturated heterocycles. The summed E-state index contributed by atoms with van der Waals surface area (Å²) >= 11 is 0. The highest BCUT2D eigenvalue weighted by molar-refractivity contribution is 5.02. The summed E-state index contributed by atoms with van der Waals surface area (Å²) in [7, 11) is 0. The first-order chi connectivity index (χ1) is 6.00. The largest absolute Gasteiger partial charge is 0.0845 e. The molecule has 0 amide bonds. The van der Waals surface area contributed by atoms with E-state index >= 15 is 0 Å². The van der Waals surface area contributed by atoms with Crippen molar-refractivity contribution in [1.29, 1.82) is 0 Å². The van der Waals surface area contributed by atoms with E-state index < -0.39 is 0 Å². The average molecular weight is 161 g/mol. The quantitative estimate of drug-likeness (QED) is 0.506. The zero-order valence-corrected chi connectivity index (χ0v) is 7.63. The van der Waals surface area contributed by atoms with E-state index in [1.165, 1.54) is 32.1 Å². The second-order valence-electron chi connectivity index (χ2n) is 3.09. The van der Waals surface area contributed by atoms with Crippen LogP contribution in [0.15, 0.2) is 30.4 Å². The molecule has 1 aliphatic carbocycles. The normalized spacial score (nSPS) is 28.0. The summed E-state index contributed by atoms with van der Waals surface area (Å²) in [6.07, 6.45) is 21.5. The van der Waals surface area contributed by atoms with Crippen LogP contribution < -0.4 is 0 Å². The molecule has 12 heavy (non-hydrogen) atoms. The molecule has 0 N–H and O–H groups in total. The van der Waals surface area contributed by atoms with Crippen molar-refractivity contribution < 1.29 is 0 Å². The maximum Gasteiger partial charge on any atom is -0.0276 e. The van der Waals surface area contributed by atoms with Crippen LogP contribution in [-0.4, -0.2) is 0 Å². The van der Waals surface area contributed by atoms with Crippen LogP contribution >= 0.6 is 0 Å². The van der Waals surface area contributed by atoms with Crippen LogP contribution in [0.25, 0.3) is 0 Å². The van der Waals surface area contributed by atoms with Crippen molar-refractivity contribution in [3.8, 4) is 0 Å². The van der Waals surface area contributed by atoms with Gasteiger partial charge in [-0.25, -0.2) is 0 Å². The minimum atomic E-state index is 1.12. The molecule has 0 saturated carbocycles. The Labute approximate surface area is 75.7 Å². The average Bonchev–Trinajstić information content (AvgIpc) is 2.05. The van der Waals surface area contributed by atoms with Gasteiger partial charge in [0.1, 0.15) is 0 Å². The van der Waals surface area contributed by atoms with Crippen LogP contribution in [0.2, 0.25) is 0 Å². The van der Waals surface area contributed by atoms with Crippen LogP contribution in [0, 0.1) is 6.08 Å². The van der Waals surface area contributed by atoms with E-state index in [4.69, 9.17) is 0 Å².